The van der Waals surface area contributed by atoms with Gasteiger partial charge in [0, 0.05) is 41.1 Å². The number of aromatic hydroxyl groups is 3. The van der Waals surface area contributed by atoms with Crippen molar-refractivity contribution in [3.05, 3.63) is 153 Å². The number of carboxylic acid groups (broad SMARTS) is 3. The number of alkyl halides is 1. The zero-order valence-electron chi connectivity index (χ0n) is 63.5. The van der Waals surface area contributed by atoms with Gasteiger partial charge in [0.1, 0.15) is 40.1 Å². The van der Waals surface area contributed by atoms with Gasteiger partial charge >= 0.3 is 59.2 Å². The van der Waals surface area contributed by atoms with Crippen LogP contribution in [0.2, 0.25) is 6.80 Å². The minimum absolute atomic E-state index is 0. The molecule has 578 valence electrons. The smallest absolute Gasteiger partial charge is 0.693 e. The Hall–Kier alpha value is -5.49. The summed E-state index contributed by atoms with van der Waals surface area (Å²) in [5.74, 6) is 0.414. The molecule has 2 radical (unpaired) electrons. The summed E-state index contributed by atoms with van der Waals surface area (Å²) in [6.45, 7) is 37.3. The van der Waals surface area contributed by atoms with Crippen molar-refractivity contribution >= 4 is 66.5 Å². The van der Waals surface area contributed by atoms with Crippen molar-refractivity contribution in [1.29, 1.82) is 0 Å². The van der Waals surface area contributed by atoms with E-state index in [1.807, 2.05) is 77.9 Å². The van der Waals surface area contributed by atoms with E-state index < -0.39 is 34.4 Å². The molecule has 16 nitrogen and oxygen atoms in total. The van der Waals surface area contributed by atoms with Crippen LogP contribution in [-0.2, 0) is 59.7 Å². The van der Waals surface area contributed by atoms with Crippen molar-refractivity contribution in [3.8, 4) is 34.5 Å². The van der Waals surface area contributed by atoms with Gasteiger partial charge in [0.15, 0.2) is 0 Å². The third kappa shape index (κ3) is 38.5. The van der Waals surface area contributed by atoms with E-state index in [-0.39, 0.29) is 130 Å². The van der Waals surface area contributed by atoms with E-state index in [1.165, 1.54) is 16.7 Å². The van der Waals surface area contributed by atoms with Crippen LogP contribution in [0.4, 0.5) is 0 Å². The first-order chi connectivity index (χ1) is 47.3. The van der Waals surface area contributed by atoms with Crippen molar-refractivity contribution < 1.29 is 86.6 Å². The summed E-state index contributed by atoms with van der Waals surface area (Å²) in [4.78, 5) is 43.6. The summed E-state index contributed by atoms with van der Waals surface area (Å²) in [6, 6.07) is 11.5. The summed E-state index contributed by atoms with van der Waals surface area (Å²) in [7, 11) is 14.3. The third-order valence-electron chi connectivity index (χ3n) is 17.3. The fraction of sp³-hybridized carbons (Fsp3) is 0.580. The van der Waals surface area contributed by atoms with Crippen LogP contribution in [0.3, 0.4) is 0 Å². The van der Waals surface area contributed by atoms with Crippen LogP contribution < -0.4 is 14.2 Å². The van der Waals surface area contributed by atoms with Gasteiger partial charge in [-0.2, -0.15) is 0 Å². The van der Waals surface area contributed by atoms with E-state index in [0.29, 0.717) is 29.0 Å². The Bertz CT molecular complexity index is 2860. The van der Waals surface area contributed by atoms with Gasteiger partial charge in [0.05, 0.1) is 53.4 Å². The average molecular weight is 1710 g/mol. The number of ether oxygens (including phenoxy) is 4. The molecule has 102 heavy (non-hydrogen) atoms. The van der Waals surface area contributed by atoms with Crippen molar-refractivity contribution in [2.24, 2.45) is 17.8 Å². The van der Waals surface area contributed by atoms with Gasteiger partial charge in [0.2, 0.25) is 0 Å². The quantitative estimate of drug-likeness (QED) is 0.0111. The second-order valence-electron chi connectivity index (χ2n) is 27.1. The zero-order chi connectivity index (χ0) is 75.7. The number of esters is 1. The molecule has 3 aromatic rings. The summed E-state index contributed by atoms with van der Waals surface area (Å²) >= 11 is 2.68. The third-order valence-corrected chi connectivity index (χ3v) is 17.7. The maximum atomic E-state index is 10.9. The van der Waals surface area contributed by atoms with E-state index >= 15 is 0 Å². The standard InChI is InChI=1S/3C24H34O4.C7H13BrO2.CH3B.CH4.2ClH.2H2N.Pt/c3*1-5-6-7-8-18-14-21(25)24(22(15-18)28-12-11-23(26)27)20-13-17(4)9-10-19(20)16(2)3;1-7(2,3)10-6(9)4-5-8;1-2;;;;;;/h3*13-15,19-20,25H,2,5-12H2,1,3-4H3,(H,26,27);4-5H2,1-3H3;1H3;1H4;2*1H;2*1H2;/q;;;;;;;;2*-1;+4/p-2/t3*19-,20+;;;;;;;;/m111......../s1/i;;;;1D;;;;;;. The first kappa shape index (κ1) is 98.6. The fourth-order valence-corrected chi connectivity index (χ4v) is 12.8. The predicted octanol–water partition coefficient (Wildman–Crippen LogP) is 23.7. The Balaban J connectivity index is -0.00000130. The molecular weight excluding hydrogens is 1580 g/mol. The van der Waals surface area contributed by atoms with Crippen LogP contribution in [0.15, 0.2) is 108 Å². The minimum Gasteiger partial charge on any atom is -0.693 e. The Morgan fingerprint density at radius 1 is 0.549 bits per heavy atom. The number of nitrogens with two attached hydrogens (primary N) is 2. The molecule has 6 rings (SSSR count). The van der Waals surface area contributed by atoms with E-state index in [4.69, 9.17) is 54.5 Å². The number of halogens is 3. The van der Waals surface area contributed by atoms with Gasteiger partial charge < -0.3 is 61.9 Å². The van der Waals surface area contributed by atoms with Gasteiger partial charge in [-0.15, -0.1) is 0 Å². The summed E-state index contributed by atoms with van der Waals surface area (Å²) in [5.41, 5.74) is 12.2. The summed E-state index contributed by atoms with van der Waals surface area (Å²) in [5, 5.41) is 60.3. The van der Waals surface area contributed by atoms with Crippen LogP contribution >= 0.6 is 34.8 Å². The molecule has 0 amide bonds. The second kappa shape index (κ2) is 55.0. The Morgan fingerprint density at radius 3 is 1.01 bits per heavy atom. The van der Waals surface area contributed by atoms with Crippen LogP contribution in [0.25, 0.3) is 12.3 Å². The van der Waals surface area contributed by atoms with Gasteiger partial charge in [-0.1, -0.05) is 161 Å². The molecule has 0 heterocycles. The Labute approximate surface area is 641 Å². The van der Waals surface area contributed by atoms with Gasteiger partial charge in [0.25, 0.3) is 0 Å². The van der Waals surface area contributed by atoms with Crippen LogP contribution in [-0.4, -0.2) is 93.1 Å². The SMILES string of the molecule is C.C=C(C)[C@H]1CCC(C)=C[C@@H]1c1c(O)cc(CCCCC)cc1OCCC(=O)O.C=C(C)[C@H]1CCC(C)=C[C@@H]1c1c(O)cc(CCCCC)cc1OCCC(=O)O.C=C(C)[C@H]1CCC(C)=C[C@@H]1c1c(O)cc(CCCCC)cc1OCCC(=O)O.CC(C)(C)OC(=O)CCBr.[2H]C[B].[Cl][Pt+2][Cl].[NH2-].[NH2-]. The number of phenols is 3. The molecule has 0 fully saturated rings. The number of hydrogen-bond donors (Lipinski definition) is 6. The Kier molecular flexibility index (Phi) is 53.2. The molecular formula is C81H126BBrCl2N2O14Pt. The number of carboxylic acids is 3. The largest absolute Gasteiger partial charge is 0.693 e. The molecule has 0 aliphatic heterocycles. The van der Waals surface area contributed by atoms with Gasteiger partial charge in [-0.05, 0) is 210 Å². The van der Waals surface area contributed by atoms with Crippen LogP contribution in [0.5, 0.6) is 34.5 Å². The Morgan fingerprint density at radius 2 is 0.804 bits per heavy atom. The van der Waals surface area contributed by atoms with Gasteiger partial charge in [-0.25, -0.2) is 0 Å². The maximum absolute atomic E-state index is 10.9. The molecule has 0 aromatic heterocycles. The van der Waals surface area contributed by atoms with Crippen molar-refractivity contribution in [1.82, 2.24) is 0 Å². The molecule has 3 aliphatic rings. The second-order valence-corrected chi connectivity index (χ2v) is 31.2. The molecule has 0 saturated heterocycles. The van der Waals surface area contributed by atoms with E-state index in [1.54, 1.807) is 0 Å². The number of rotatable bonds is 32. The zero-order valence-corrected chi connectivity index (χ0v) is 67.9. The average Bonchev–Trinajstić information content (AvgIpc) is 0.801. The normalized spacial score (nSPS) is 17.3. The van der Waals surface area contributed by atoms with E-state index in [2.05, 4.69) is 103 Å². The van der Waals surface area contributed by atoms with Gasteiger partial charge in [-0.3, -0.25) is 19.2 Å². The molecule has 0 bridgehead atoms. The topological polar surface area (TPSA) is 294 Å². The molecule has 0 saturated carbocycles. The number of aryl methyl sites for hydroxylation is 3. The fourth-order valence-electron chi connectivity index (χ4n) is 12.5. The molecule has 6 atom stereocenters. The summed E-state index contributed by atoms with van der Waals surface area (Å²) < 4.78 is 28.7. The summed E-state index contributed by atoms with van der Waals surface area (Å²) in [6.07, 6.45) is 25.6. The van der Waals surface area contributed by atoms with Crippen molar-refractivity contribution in [3.63, 3.8) is 0 Å². The number of aliphatic carboxylic acids is 3. The number of allylic oxidation sites excluding steroid dienone is 9. The molecule has 10 N–H and O–H groups in total. The number of carbonyl (C=O) groups is 4. The van der Waals surface area contributed by atoms with E-state index in [0.717, 1.165) is 166 Å². The minimum atomic E-state index is -0.891. The number of benzene rings is 3. The molecule has 21 heteroatoms. The molecule has 3 aromatic carbocycles. The predicted molar refractivity (Wildman–Crippen MR) is 424 cm³/mol. The maximum Gasteiger partial charge on any atom is -0.693 e. The first-order valence-corrected chi connectivity index (χ1v) is 41.7. The van der Waals surface area contributed by atoms with Crippen molar-refractivity contribution in [2.75, 3.05) is 25.2 Å². The van der Waals surface area contributed by atoms with E-state index in [9.17, 15) is 34.5 Å². The molecule has 0 spiro atoms. The monoisotopic (exact) mass is 1710 g/mol. The number of carbonyl (C=O) groups excluding carboxylic acids is 1. The van der Waals surface area contributed by atoms with Crippen LogP contribution in [0.1, 0.15) is 265 Å². The number of hydrogen-bond acceptors (Lipinski definition) is 11. The first-order valence-electron chi connectivity index (χ1n) is 35.7. The van der Waals surface area contributed by atoms with Crippen LogP contribution in [0, 0.1) is 17.8 Å². The molecule has 3 aliphatic carbocycles. The number of phenolic OH excluding ortho intramolecular Hbond substituents is 3. The van der Waals surface area contributed by atoms with Crippen molar-refractivity contribution in [2.45, 2.75) is 262 Å². The number of unbranched alkanes of at least 4 members (excludes halogenated alkanes) is 6. The molecule has 0 unspecified atom stereocenters.